The summed E-state index contributed by atoms with van der Waals surface area (Å²) in [6, 6.07) is 15.4. The van der Waals surface area contributed by atoms with Crippen LogP contribution in [-0.2, 0) is 11.0 Å². The molecule has 0 radical (unpaired) electrons. The van der Waals surface area contributed by atoms with Gasteiger partial charge in [0.05, 0.1) is 11.6 Å². The van der Waals surface area contributed by atoms with Gasteiger partial charge in [-0.2, -0.15) is 18.2 Å². The number of primary amides is 1. The van der Waals surface area contributed by atoms with Gasteiger partial charge in [0, 0.05) is 6.42 Å². The highest BCUT2D eigenvalue weighted by atomic mass is 19.4. The molecule has 1 atom stereocenters. The molecule has 0 bridgehead atoms. The third kappa shape index (κ3) is 6.84. The predicted molar refractivity (Wildman–Crippen MR) is 131 cm³/mol. The Morgan fingerprint density at radius 2 is 1.56 bits per heavy atom. The number of halogens is 3. The lowest BCUT2D eigenvalue weighted by atomic mass is 9.94. The summed E-state index contributed by atoms with van der Waals surface area (Å²) in [6.07, 6.45) is -3.53. The monoisotopic (exact) mass is 499 g/mol. The number of carbonyl (C=O) groups excluding carboxylic acids is 2. The molecule has 0 aliphatic heterocycles. The highest BCUT2D eigenvalue weighted by molar-refractivity contribution is 5.96. The van der Waals surface area contributed by atoms with Crippen LogP contribution in [0.25, 0.3) is 11.1 Å². The summed E-state index contributed by atoms with van der Waals surface area (Å²) in [6.45, 7) is 5.77. The van der Waals surface area contributed by atoms with E-state index in [0.717, 1.165) is 29.7 Å². The number of anilines is 1. The van der Waals surface area contributed by atoms with Gasteiger partial charge < -0.3 is 15.8 Å². The van der Waals surface area contributed by atoms with Crippen molar-refractivity contribution >= 4 is 17.7 Å². The van der Waals surface area contributed by atoms with E-state index in [2.05, 4.69) is 24.1 Å². The Bertz CT molecular complexity index is 1210. The Kier molecular flexibility index (Phi) is 8.34. The molecule has 36 heavy (non-hydrogen) atoms. The van der Waals surface area contributed by atoms with Gasteiger partial charge in [-0.1, -0.05) is 57.2 Å². The highest BCUT2D eigenvalue weighted by Crippen LogP contribution is 2.32. The molecule has 0 aliphatic carbocycles. The number of amides is 1. The topological polar surface area (TPSA) is 94.3 Å². The minimum Gasteiger partial charge on any atom is -0.406 e. The van der Waals surface area contributed by atoms with E-state index in [9.17, 15) is 22.8 Å². The molecule has 0 spiro atoms. The zero-order valence-corrected chi connectivity index (χ0v) is 20.2. The van der Waals surface area contributed by atoms with Crippen molar-refractivity contribution in [3.8, 4) is 17.0 Å². The molecule has 0 saturated carbocycles. The molecule has 0 saturated heterocycles. The molecule has 3 rings (SSSR count). The number of hydrogen-bond acceptors (Lipinski definition) is 5. The summed E-state index contributed by atoms with van der Waals surface area (Å²) >= 11 is 0. The average molecular weight is 500 g/mol. The summed E-state index contributed by atoms with van der Waals surface area (Å²) < 4.78 is 43.8. The minimum absolute atomic E-state index is 0.00338. The number of rotatable bonds is 9. The van der Waals surface area contributed by atoms with Crippen LogP contribution < -0.4 is 15.8 Å². The fourth-order valence-electron chi connectivity index (χ4n) is 3.65. The number of pyridine rings is 1. The van der Waals surface area contributed by atoms with Gasteiger partial charge in [-0.05, 0) is 53.3 Å². The Labute approximate surface area is 207 Å². The zero-order chi connectivity index (χ0) is 26.5. The van der Waals surface area contributed by atoms with E-state index in [4.69, 9.17) is 10.5 Å². The first-order valence-electron chi connectivity index (χ1n) is 11.5. The van der Waals surface area contributed by atoms with Crippen LogP contribution in [0.3, 0.4) is 0 Å². The number of alkyl halides is 3. The Morgan fingerprint density at radius 1 is 0.972 bits per heavy atom. The third-order valence-corrected chi connectivity index (χ3v) is 5.51. The van der Waals surface area contributed by atoms with Gasteiger partial charge in [0.15, 0.2) is 0 Å². The van der Waals surface area contributed by atoms with Gasteiger partial charge >= 0.3 is 12.1 Å². The predicted octanol–water partition coefficient (Wildman–Crippen LogP) is 6.38. The second kappa shape index (κ2) is 11.2. The Hall–Kier alpha value is -3.88. The van der Waals surface area contributed by atoms with Crippen LogP contribution >= 0.6 is 0 Å². The van der Waals surface area contributed by atoms with Gasteiger partial charge in [0.1, 0.15) is 11.4 Å². The quantitative estimate of drug-likeness (QED) is 0.333. The number of hydrogen-bond donors (Lipinski definition) is 2. The smallest absolute Gasteiger partial charge is 0.406 e. The first kappa shape index (κ1) is 26.7. The van der Waals surface area contributed by atoms with E-state index in [0.29, 0.717) is 17.3 Å². The van der Waals surface area contributed by atoms with Crippen LogP contribution in [0.5, 0.6) is 5.88 Å². The molecule has 1 amide bonds. The number of carbonyl (C=O) groups is 2. The molecule has 1 heterocycles. The molecule has 3 N–H and O–H groups in total. The average Bonchev–Trinajstić information content (AvgIpc) is 2.83. The van der Waals surface area contributed by atoms with E-state index in [-0.39, 0.29) is 23.9 Å². The molecule has 1 aromatic heterocycles. The van der Waals surface area contributed by atoms with Crippen molar-refractivity contribution in [3.05, 3.63) is 77.4 Å². The van der Waals surface area contributed by atoms with Crippen LogP contribution in [0.1, 0.15) is 61.1 Å². The molecule has 6 nitrogen and oxygen atoms in total. The van der Waals surface area contributed by atoms with Crippen molar-refractivity contribution in [2.75, 3.05) is 5.32 Å². The summed E-state index contributed by atoms with van der Waals surface area (Å²) in [4.78, 5) is 27.8. The molecule has 0 aliphatic rings. The summed E-state index contributed by atoms with van der Waals surface area (Å²) in [5, 5.41) is 3.33. The number of benzene rings is 2. The van der Waals surface area contributed by atoms with E-state index >= 15 is 0 Å². The van der Waals surface area contributed by atoms with Crippen molar-refractivity contribution in [1.29, 1.82) is 0 Å². The number of nitrogens with two attached hydrogens (primary N) is 1. The van der Waals surface area contributed by atoms with E-state index < -0.39 is 23.6 Å². The maximum absolute atomic E-state index is 12.9. The zero-order valence-electron chi connectivity index (χ0n) is 20.2. The molecular weight excluding hydrogens is 471 g/mol. The second-order valence-electron chi connectivity index (χ2n) is 8.76. The lowest BCUT2D eigenvalue weighted by Crippen LogP contribution is -2.18. The summed E-state index contributed by atoms with van der Waals surface area (Å²) in [5.41, 5.74) is 7.09. The van der Waals surface area contributed by atoms with Crippen molar-refractivity contribution < 1.29 is 27.5 Å². The maximum atomic E-state index is 12.9. The van der Waals surface area contributed by atoms with Crippen LogP contribution in [-0.4, -0.2) is 16.9 Å². The highest BCUT2D eigenvalue weighted by Gasteiger charge is 2.30. The fourth-order valence-corrected chi connectivity index (χ4v) is 3.65. The molecular formula is C27H28F3N3O3. The lowest BCUT2D eigenvalue weighted by molar-refractivity contribution is -0.137. The minimum atomic E-state index is -4.38. The van der Waals surface area contributed by atoms with Crippen LogP contribution in [0.15, 0.2) is 60.7 Å². The lowest BCUT2D eigenvalue weighted by Gasteiger charge is -2.22. The Morgan fingerprint density at radius 3 is 2.06 bits per heavy atom. The van der Waals surface area contributed by atoms with Crippen LogP contribution in [0, 0.1) is 5.92 Å². The number of aromatic nitrogens is 1. The molecule has 1 unspecified atom stereocenters. The second-order valence-corrected chi connectivity index (χ2v) is 8.76. The molecule has 0 fully saturated rings. The van der Waals surface area contributed by atoms with Crippen LogP contribution in [0.2, 0.25) is 0 Å². The van der Waals surface area contributed by atoms with E-state index in [1.165, 1.54) is 18.2 Å². The van der Waals surface area contributed by atoms with Crippen molar-refractivity contribution in [2.45, 2.75) is 45.8 Å². The first-order chi connectivity index (χ1) is 17.0. The molecule has 2 aromatic carbocycles. The molecule has 190 valence electrons. The number of nitrogens with one attached hydrogen (secondary N) is 1. The standard InChI is InChI=1S/C27H28F3N3O3/c1-4-24(34)36-26-21(25(31)35)13-14-23(33-26)32-22(15-16(2)3)19-7-5-17(6-8-19)18-9-11-20(12-10-18)27(28,29)30/h5-14,16,22H,4,15H2,1-3H3,(H2,31,35)(H,32,33). The van der Waals surface area contributed by atoms with Gasteiger partial charge in [0.2, 0.25) is 5.88 Å². The normalized spacial score (nSPS) is 12.3. The van der Waals surface area contributed by atoms with Crippen LogP contribution in [0.4, 0.5) is 19.0 Å². The van der Waals surface area contributed by atoms with Gasteiger partial charge in [0.25, 0.3) is 5.91 Å². The van der Waals surface area contributed by atoms with Crippen molar-refractivity contribution in [3.63, 3.8) is 0 Å². The van der Waals surface area contributed by atoms with Crippen molar-refractivity contribution in [1.82, 2.24) is 4.98 Å². The fraction of sp³-hybridized carbons (Fsp3) is 0.296. The van der Waals surface area contributed by atoms with Gasteiger partial charge in [-0.25, -0.2) is 0 Å². The Balaban J connectivity index is 1.86. The van der Waals surface area contributed by atoms with Gasteiger partial charge in [-0.3, -0.25) is 9.59 Å². The van der Waals surface area contributed by atoms with Gasteiger partial charge in [-0.15, -0.1) is 0 Å². The third-order valence-electron chi connectivity index (χ3n) is 5.51. The summed E-state index contributed by atoms with van der Waals surface area (Å²) in [5.74, 6) is -0.735. The summed E-state index contributed by atoms with van der Waals surface area (Å²) in [7, 11) is 0. The maximum Gasteiger partial charge on any atom is 0.416 e. The van der Waals surface area contributed by atoms with Crippen molar-refractivity contribution in [2.24, 2.45) is 11.7 Å². The van der Waals surface area contributed by atoms with E-state index in [1.54, 1.807) is 13.0 Å². The molecule has 3 aromatic rings. The number of nitrogens with zero attached hydrogens (tertiary/aromatic N) is 1. The largest absolute Gasteiger partial charge is 0.416 e. The number of ether oxygens (including phenoxy) is 1. The number of esters is 1. The SMILES string of the molecule is CCC(=O)Oc1nc(NC(CC(C)C)c2ccc(-c3ccc(C(F)(F)F)cc3)cc2)ccc1C(N)=O. The van der Waals surface area contributed by atoms with E-state index in [1.807, 2.05) is 24.3 Å². The first-order valence-corrected chi connectivity index (χ1v) is 11.5. The molecule has 9 heteroatoms.